The van der Waals surface area contributed by atoms with Crippen LogP contribution in [-0.4, -0.2) is 0 Å². The van der Waals surface area contributed by atoms with E-state index < -0.39 is 0 Å². The first-order chi connectivity index (χ1) is 2.89. The first kappa shape index (κ1) is 22.5. The van der Waals surface area contributed by atoms with Gasteiger partial charge in [-0.1, -0.05) is 0 Å². The fraction of sp³-hybridized carbons (Fsp3) is 0.200. The van der Waals surface area contributed by atoms with E-state index in [0.29, 0.717) is 0 Å². The van der Waals surface area contributed by atoms with Crippen molar-refractivity contribution in [1.29, 1.82) is 0 Å². The van der Waals surface area contributed by atoms with E-state index in [1.165, 1.54) is 10.3 Å². The Morgan fingerprint density at radius 1 is 1.10 bits per heavy atom. The fourth-order valence-corrected chi connectivity index (χ4v) is 0.782. The monoisotopic (exact) mass is 257 g/mol. The van der Waals surface area contributed by atoms with Gasteiger partial charge in [0.25, 0.3) is 0 Å². The van der Waals surface area contributed by atoms with Crippen molar-refractivity contribution in [1.82, 2.24) is 0 Å². The molecule has 0 heterocycles. The van der Waals surface area contributed by atoms with Crippen molar-refractivity contribution in [2.75, 3.05) is 0 Å². The summed E-state index contributed by atoms with van der Waals surface area (Å²) < 4.78 is 1.47. The molecule has 1 aliphatic rings. The molecular formula is C5H9Cl4Ti. The van der Waals surface area contributed by atoms with Crippen LogP contribution in [0, 0.1) is 0 Å². The van der Waals surface area contributed by atoms with Crippen molar-refractivity contribution in [3.63, 3.8) is 0 Å². The molecule has 0 bridgehead atoms. The summed E-state index contributed by atoms with van der Waals surface area (Å²) in [5, 5.41) is 0. The molecule has 0 aromatic carbocycles. The average Bonchev–Trinajstić information content (AvgIpc) is 1.86. The van der Waals surface area contributed by atoms with Crippen molar-refractivity contribution in [3.05, 3.63) is 22.1 Å². The molecule has 0 aromatic rings. The van der Waals surface area contributed by atoms with E-state index in [1.807, 2.05) is 0 Å². The van der Waals surface area contributed by atoms with Crippen molar-refractivity contribution in [2.45, 2.75) is 6.42 Å². The Labute approximate surface area is 98.0 Å². The van der Waals surface area contributed by atoms with E-state index in [1.54, 1.807) is 0 Å². The predicted molar refractivity (Wildman–Crippen MR) is 50.8 cm³/mol. The van der Waals surface area contributed by atoms with Gasteiger partial charge in [0, 0.05) is 0 Å². The molecule has 0 amide bonds. The molecule has 0 fully saturated rings. The SMILES string of the molecule is Cl.Cl.Cl.Cl.[Ti][C]1=CC=CC1. The minimum atomic E-state index is 0. The van der Waals surface area contributed by atoms with Gasteiger partial charge in [-0.05, 0) is 0 Å². The maximum absolute atomic E-state index is 2.16. The third kappa shape index (κ3) is 9.35. The van der Waals surface area contributed by atoms with E-state index in [2.05, 4.69) is 38.7 Å². The summed E-state index contributed by atoms with van der Waals surface area (Å²) in [6, 6.07) is 0. The third-order valence-electron chi connectivity index (χ3n) is 0.771. The van der Waals surface area contributed by atoms with Crippen LogP contribution < -0.4 is 0 Å². The number of hydrogen-bond donors (Lipinski definition) is 0. The number of allylic oxidation sites excluding steroid dienone is 4. The van der Waals surface area contributed by atoms with Crippen LogP contribution in [0.1, 0.15) is 6.42 Å². The summed E-state index contributed by atoms with van der Waals surface area (Å²) in [7, 11) is 0. The van der Waals surface area contributed by atoms with Gasteiger partial charge in [-0.3, -0.25) is 0 Å². The summed E-state index contributed by atoms with van der Waals surface area (Å²) >= 11 is 2.14. The molecule has 0 unspecified atom stereocenters. The number of rotatable bonds is 0. The summed E-state index contributed by atoms with van der Waals surface area (Å²) in [6.45, 7) is 0. The van der Waals surface area contributed by atoms with Gasteiger partial charge >= 0.3 is 49.0 Å². The van der Waals surface area contributed by atoms with Crippen LogP contribution >= 0.6 is 49.6 Å². The molecule has 0 nitrogen and oxygen atoms in total. The first-order valence-corrected chi connectivity index (χ1v) is 2.75. The molecule has 0 radical (unpaired) electrons. The van der Waals surface area contributed by atoms with Crippen molar-refractivity contribution < 1.29 is 20.4 Å². The topological polar surface area (TPSA) is 0 Å². The van der Waals surface area contributed by atoms with Crippen LogP contribution in [0.15, 0.2) is 22.1 Å². The van der Waals surface area contributed by atoms with Gasteiger partial charge < -0.3 is 0 Å². The second kappa shape index (κ2) is 13.0. The summed E-state index contributed by atoms with van der Waals surface area (Å²) in [5.41, 5.74) is 0. The summed E-state index contributed by atoms with van der Waals surface area (Å²) in [4.78, 5) is 0. The Morgan fingerprint density at radius 2 is 1.60 bits per heavy atom. The van der Waals surface area contributed by atoms with Gasteiger partial charge in [0.15, 0.2) is 0 Å². The van der Waals surface area contributed by atoms with Gasteiger partial charge in [-0.25, -0.2) is 0 Å². The Balaban J connectivity index is -0.0000000450. The Hall–Kier alpha value is 1.35. The van der Waals surface area contributed by atoms with Gasteiger partial charge in [0.05, 0.1) is 0 Å². The average molecular weight is 259 g/mol. The zero-order valence-electron chi connectivity index (χ0n) is 5.07. The van der Waals surface area contributed by atoms with E-state index in [-0.39, 0.29) is 49.6 Å². The zero-order chi connectivity index (χ0) is 4.41. The molecule has 61 valence electrons. The Morgan fingerprint density at radius 3 is 1.70 bits per heavy atom. The molecule has 0 atom stereocenters. The summed E-state index contributed by atoms with van der Waals surface area (Å²) in [5.74, 6) is 0. The Kier molecular flexibility index (Phi) is 29.2. The van der Waals surface area contributed by atoms with Crippen molar-refractivity contribution in [3.8, 4) is 0 Å². The fourth-order valence-electron chi connectivity index (χ4n) is 0.447. The molecule has 5 heteroatoms. The van der Waals surface area contributed by atoms with Gasteiger partial charge in [0.2, 0.25) is 0 Å². The normalized spacial score (nSPS) is 10.9. The molecule has 0 saturated heterocycles. The van der Waals surface area contributed by atoms with E-state index >= 15 is 0 Å². The predicted octanol–water partition coefficient (Wildman–Crippen LogP) is 3.06. The molecule has 0 spiro atoms. The first-order valence-electron chi connectivity index (χ1n) is 1.97. The molecule has 1 aliphatic carbocycles. The van der Waals surface area contributed by atoms with Gasteiger partial charge in [-0.15, -0.1) is 49.6 Å². The molecule has 0 aliphatic heterocycles. The van der Waals surface area contributed by atoms with Crippen LogP contribution in [0.5, 0.6) is 0 Å². The standard InChI is InChI=1S/C5H5.4ClH.Ti/c1-2-4-5-3-1;;;;;/h1-3H,4H2;4*1H;. The second-order valence-corrected chi connectivity index (χ2v) is 2.33. The number of halogens is 4. The van der Waals surface area contributed by atoms with Crippen molar-refractivity contribution in [2.24, 2.45) is 0 Å². The Bertz CT molecular complexity index is 110. The van der Waals surface area contributed by atoms with E-state index in [9.17, 15) is 0 Å². The van der Waals surface area contributed by atoms with Crippen LogP contribution in [0.4, 0.5) is 0 Å². The molecule has 1 rings (SSSR count). The number of hydrogen-bond acceptors (Lipinski definition) is 0. The van der Waals surface area contributed by atoms with Crippen LogP contribution in [0.3, 0.4) is 0 Å². The molecule has 10 heavy (non-hydrogen) atoms. The third-order valence-corrected chi connectivity index (χ3v) is 1.35. The van der Waals surface area contributed by atoms with Gasteiger partial charge in [0.1, 0.15) is 0 Å². The van der Waals surface area contributed by atoms with E-state index in [4.69, 9.17) is 0 Å². The van der Waals surface area contributed by atoms with Crippen LogP contribution in [-0.2, 0) is 20.4 Å². The second-order valence-electron chi connectivity index (χ2n) is 1.32. The van der Waals surface area contributed by atoms with Crippen LogP contribution in [0.2, 0.25) is 0 Å². The zero-order valence-corrected chi connectivity index (χ0v) is 9.90. The molecule has 0 saturated carbocycles. The van der Waals surface area contributed by atoms with Crippen LogP contribution in [0.25, 0.3) is 0 Å². The van der Waals surface area contributed by atoms with Gasteiger partial charge in [-0.2, -0.15) is 0 Å². The van der Waals surface area contributed by atoms with Crippen molar-refractivity contribution >= 4 is 49.6 Å². The molecular weight excluding hydrogens is 250 g/mol. The molecule has 0 N–H and O–H groups in total. The molecule has 0 aromatic heterocycles. The quantitative estimate of drug-likeness (QED) is 0.586. The van der Waals surface area contributed by atoms with E-state index in [0.717, 1.165) is 0 Å². The summed E-state index contributed by atoms with van der Waals surface area (Å²) in [6.07, 6.45) is 7.56. The maximum atomic E-state index is 2.16. The minimum absolute atomic E-state index is 0.